The lowest BCUT2D eigenvalue weighted by atomic mass is 9.95. The molecule has 0 aromatic carbocycles. The number of nitrogens with two attached hydrogens (primary N) is 1. The summed E-state index contributed by atoms with van der Waals surface area (Å²) in [6.45, 7) is 3.14. The van der Waals surface area contributed by atoms with E-state index in [0.717, 1.165) is 6.42 Å². The largest absolute Gasteiger partial charge is 0.451 e. The fraction of sp³-hybridized carbons (Fsp3) is 0.778. The van der Waals surface area contributed by atoms with Gasteiger partial charge < -0.3 is 10.6 Å². The van der Waals surface area contributed by atoms with E-state index in [9.17, 15) is 13.2 Å². The van der Waals surface area contributed by atoms with Crippen molar-refractivity contribution >= 4 is 5.95 Å². The minimum Gasteiger partial charge on any atom is -0.338 e. The quantitative estimate of drug-likeness (QED) is 0.778. The summed E-state index contributed by atoms with van der Waals surface area (Å²) < 4.78 is 37.0. The van der Waals surface area contributed by atoms with E-state index in [4.69, 9.17) is 5.73 Å². The molecule has 0 amide bonds. The van der Waals surface area contributed by atoms with Crippen LogP contribution in [0, 0.1) is 5.92 Å². The van der Waals surface area contributed by atoms with Crippen LogP contribution in [0.5, 0.6) is 0 Å². The minimum atomic E-state index is -4.49. The molecule has 0 saturated carbocycles. The predicted molar refractivity (Wildman–Crippen MR) is 55.4 cm³/mol. The number of halogens is 3. The second-order valence-electron chi connectivity index (χ2n) is 4.36. The molecule has 1 fully saturated rings. The smallest absolute Gasteiger partial charge is 0.338 e. The SMILES string of the molecule is CC1CCN(c2n[nH]c(C(F)(F)F)n2)CC1N. The number of rotatable bonds is 1. The van der Waals surface area contributed by atoms with Crippen molar-refractivity contribution in [1.82, 2.24) is 15.2 Å². The Kier molecular flexibility index (Phi) is 2.98. The van der Waals surface area contributed by atoms with Crippen LogP contribution in [-0.4, -0.2) is 34.3 Å². The normalized spacial score (nSPS) is 26.3. The summed E-state index contributed by atoms with van der Waals surface area (Å²) in [5, 5.41) is 5.48. The fourth-order valence-electron chi connectivity index (χ4n) is 1.80. The molecule has 1 aliphatic rings. The summed E-state index contributed by atoms with van der Waals surface area (Å²) >= 11 is 0. The van der Waals surface area contributed by atoms with Gasteiger partial charge in [0.15, 0.2) is 0 Å². The highest BCUT2D eigenvalue weighted by atomic mass is 19.4. The van der Waals surface area contributed by atoms with E-state index in [0.29, 0.717) is 19.0 Å². The highest BCUT2D eigenvalue weighted by Crippen LogP contribution is 2.27. The van der Waals surface area contributed by atoms with E-state index in [2.05, 4.69) is 10.1 Å². The molecule has 5 nitrogen and oxygen atoms in total. The van der Waals surface area contributed by atoms with Gasteiger partial charge in [0.25, 0.3) is 0 Å². The molecular weight excluding hydrogens is 235 g/mol. The van der Waals surface area contributed by atoms with Crippen LogP contribution in [0.1, 0.15) is 19.2 Å². The van der Waals surface area contributed by atoms with E-state index >= 15 is 0 Å². The highest BCUT2D eigenvalue weighted by molar-refractivity contribution is 5.30. The van der Waals surface area contributed by atoms with Gasteiger partial charge in [0.1, 0.15) is 0 Å². The number of nitrogens with one attached hydrogen (secondary N) is 1. The van der Waals surface area contributed by atoms with Crippen LogP contribution in [-0.2, 0) is 6.18 Å². The summed E-state index contributed by atoms with van der Waals surface area (Å²) in [7, 11) is 0. The van der Waals surface area contributed by atoms with Crippen molar-refractivity contribution in [3.63, 3.8) is 0 Å². The Morgan fingerprint density at radius 1 is 1.47 bits per heavy atom. The second-order valence-corrected chi connectivity index (χ2v) is 4.36. The molecule has 0 bridgehead atoms. The van der Waals surface area contributed by atoms with Crippen LogP contribution < -0.4 is 10.6 Å². The molecule has 2 unspecified atom stereocenters. The maximum Gasteiger partial charge on any atom is 0.451 e. The number of aromatic amines is 1. The minimum absolute atomic E-state index is 0.0587. The van der Waals surface area contributed by atoms with Crippen LogP contribution in [0.4, 0.5) is 19.1 Å². The maximum atomic E-state index is 12.3. The van der Waals surface area contributed by atoms with Crippen molar-refractivity contribution in [3.8, 4) is 0 Å². The van der Waals surface area contributed by atoms with Crippen LogP contribution in [0.3, 0.4) is 0 Å². The second kappa shape index (κ2) is 4.17. The number of hydrogen-bond donors (Lipinski definition) is 2. The van der Waals surface area contributed by atoms with Gasteiger partial charge in [-0.25, -0.2) is 0 Å². The standard InChI is InChI=1S/C9H14F3N5/c1-5-2-3-17(4-6(5)13)8-14-7(15-16-8)9(10,11)12/h5-6H,2-4,13H2,1H3,(H,14,15,16). The molecular formula is C9H14F3N5. The molecule has 2 heterocycles. The van der Waals surface area contributed by atoms with Gasteiger partial charge >= 0.3 is 6.18 Å². The van der Waals surface area contributed by atoms with Gasteiger partial charge in [-0.2, -0.15) is 18.2 Å². The molecule has 1 aliphatic heterocycles. The van der Waals surface area contributed by atoms with Gasteiger partial charge in [-0.15, -0.1) is 5.10 Å². The zero-order valence-electron chi connectivity index (χ0n) is 9.33. The van der Waals surface area contributed by atoms with Crippen molar-refractivity contribution in [1.29, 1.82) is 0 Å². The Hall–Kier alpha value is -1.31. The molecule has 17 heavy (non-hydrogen) atoms. The number of hydrogen-bond acceptors (Lipinski definition) is 4. The summed E-state index contributed by atoms with van der Waals surface area (Å²) in [5.74, 6) is -0.633. The van der Waals surface area contributed by atoms with E-state index in [1.807, 2.05) is 12.0 Å². The van der Waals surface area contributed by atoms with Crippen molar-refractivity contribution in [3.05, 3.63) is 5.82 Å². The van der Waals surface area contributed by atoms with Crippen LogP contribution in [0.2, 0.25) is 0 Å². The van der Waals surface area contributed by atoms with E-state index < -0.39 is 12.0 Å². The van der Waals surface area contributed by atoms with Crippen molar-refractivity contribution < 1.29 is 13.2 Å². The summed E-state index contributed by atoms with van der Waals surface area (Å²) in [6.07, 6.45) is -3.66. The van der Waals surface area contributed by atoms with Gasteiger partial charge in [0.05, 0.1) is 0 Å². The van der Waals surface area contributed by atoms with Gasteiger partial charge in [0.2, 0.25) is 11.8 Å². The van der Waals surface area contributed by atoms with Crippen LogP contribution >= 0.6 is 0 Å². The lowest BCUT2D eigenvalue weighted by Gasteiger charge is -2.34. The van der Waals surface area contributed by atoms with Crippen molar-refractivity contribution in [2.45, 2.75) is 25.6 Å². The third kappa shape index (κ3) is 2.51. The Balaban J connectivity index is 2.11. The zero-order valence-corrected chi connectivity index (χ0v) is 9.33. The predicted octanol–water partition coefficient (Wildman–Crippen LogP) is 0.997. The number of anilines is 1. The summed E-state index contributed by atoms with van der Waals surface area (Å²) in [6, 6.07) is -0.0587. The number of H-pyrrole nitrogens is 1. The Morgan fingerprint density at radius 3 is 2.71 bits per heavy atom. The third-order valence-corrected chi connectivity index (χ3v) is 3.04. The Bertz CT molecular complexity index is 388. The fourth-order valence-corrected chi connectivity index (χ4v) is 1.80. The number of aromatic nitrogens is 3. The maximum absolute atomic E-state index is 12.3. The molecule has 0 spiro atoms. The average molecular weight is 249 g/mol. The van der Waals surface area contributed by atoms with E-state index in [1.54, 1.807) is 4.90 Å². The first kappa shape index (κ1) is 12.2. The third-order valence-electron chi connectivity index (χ3n) is 3.04. The summed E-state index contributed by atoms with van der Waals surface area (Å²) in [5.41, 5.74) is 5.87. The molecule has 8 heteroatoms. The first-order chi connectivity index (χ1) is 7.88. The lowest BCUT2D eigenvalue weighted by molar-refractivity contribution is -0.144. The highest BCUT2D eigenvalue weighted by Gasteiger charge is 2.36. The Morgan fingerprint density at radius 2 is 2.18 bits per heavy atom. The van der Waals surface area contributed by atoms with Crippen LogP contribution in [0.25, 0.3) is 0 Å². The number of alkyl halides is 3. The zero-order chi connectivity index (χ0) is 12.6. The molecule has 2 atom stereocenters. The molecule has 1 aromatic rings. The van der Waals surface area contributed by atoms with Gasteiger partial charge in [-0.05, 0) is 12.3 Å². The lowest BCUT2D eigenvalue weighted by Crippen LogP contribution is -2.48. The molecule has 2 rings (SSSR count). The van der Waals surface area contributed by atoms with E-state index in [1.165, 1.54) is 0 Å². The van der Waals surface area contributed by atoms with Gasteiger partial charge in [-0.1, -0.05) is 6.92 Å². The molecule has 0 aliphatic carbocycles. The average Bonchev–Trinajstić information content (AvgIpc) is 2.70. The molecule has 1 aromatic heterocycles. The van der Waals surface area contributed by atoms with Crippen molar-refractivity contribution in [2.24, 2.45) is 11.7 Å². The first-order valence-electron chi connectivity index (χ1n) is 5.38. The molecule has 96 valence electrons. The van der Waals surface area contributed by atoms with Crippen LogP contribution in [0.15, 0.2) is 0 Å². The Labute approximate surface area is 96.2 Å². The molecule has 1 saturated heterocycles. The topological polar surface area (TPSA) is 70.8 Å². The van der Waals surface area contributed by atoms with Gasteiger partial charge in [0, 0.05) is 19.1 Å². The molecule has 3 N–H and O–H groups in total. The molecule has 0 radical (unpaired) electrons. The van der Waals surface area contributed by atoms with Gasteiger partial charge in [-0.3, -0.25) is 5.10 Å². The monoisotopic (exact) mass is 249 g/mol. The van der Waals surface area contributed by atoms with Crippen molar-refractivity contribution in [2.75, 3.05) is 18.0 Å². The number of piperidine rings is 1. The number of nitrogens with zero attached hydrogens (tertiary/aromatic N) is 3. The summed E-state index contributed by atoms with van der Waals surface area (Å²) in [4.78, 5) is 5.12. The first-order valence-corrected chi connectivity index (χ1v) is 5.38. The van der Waals surface area contributed by atoms with E-state index in [-0.39, 0.29) is 12.0 Å².